The Bertz CT molecular complexity index is 1080. The molecule has 0 N–H and O–H groups in total. The van der Waals surface area contributed by atoms with E-state index in [2.05, 4.69) is 41.5 Å². The van der Waals surface area contributed by atoms with Crippen LogP contribution in [0.2, 0.25) is 16.6 Å². The number of carbonyl (C=O) groups excluding carboxylic acids is 2. The van der Waals surface area contributed by atoms with Gasteiger partial charge in [0, 0.05) is 42.6 Å². The first-order valence-electron chi connectivity index (χ1n) is 13.5. The third-order valence-corrected chi connectivity index (χ3v) is 14.1. The number of likely N-dealkylation sites (tertiary alicyclic amines) is 1. The van der Waals surface area contributed by atoms with E-state index in [0.29, 0.717) is 60.2 Å². The Morgan fingerprint density at radius 1 is 1.03 bits per heavy atom. The zero-order valence-corrected chi connectivity index (χ0v) is 24.0. The van der Waals surface area contributed by atoms with E-state index >= 15 is 0 Å². The van der Waals surface area contributed by atoms with E-state index in [4.69, 9.17) is 4.43 Å². The van der Waals surface area contributed by atoms with Crippen LogP contribution in [0.4, 0.5) is 8.78 Å². The summed E-state index contributed by atoms with van der Waals surface area (Å²) in [5, 5.41) is 0. The van der Waals surface area contributed by atoms with Crippen LogP contribution in [0.15, 0.2) is 42.5 Å². The molecule has 2 aromatic carbocycles. The molecule has 1 heterocycles. The Morgan fingerprint density at radius 3 is 2.32 bits per heavy atom. The first-order valence-corrected chi connectivity index (χ1v) is 15.6. The fourth-order valence-electron chi connectivity index (χ4n) is 6.25. The Hall–Kier alpha value is -2.38. The van der Waals surface area contributed by atoms with Gasteiger partial charge in [-0.2, -0.15) is 0 Å². The van der Waals surface area contributed by atoms with E-state index in [1.54, 1.807) is 24.3 Å². The van der Waals surface area contributed by atoms with Gasteiger partial charge >= 0.3 is 0 Å². The molecule has 4 nitrogen and oxygen atoms in total. The third-order valence-electron chi connectivity index (χ3n) is 7.98. The van der Waals surface area contributed by atoms with Crippen molar-refractivity contribution in [3.05, 3.63) is 59.7 Å². The van der Waals surface area contributed by atoms with E-state index in [0.717, 1.165) is 12.5 Å². The average molecular weight is 530 g/mol. The number of carbonyl (C=O) groups is 2. The SMILES string of the molecule is CC(C)[Si](OCCN1C(=O)CC[C@H]1CCC(=O)c1cccc(-c2ccc(F)cc2F)c1)(C(C)C)C(C)C. The van der Waals surface area contributed by atoms with Crippen LogP contribution in [0, 0.1) is 11.6 Å². The summed E-state index contributed by atoms with van der Waals surface area (Å²) in [5.74, 6) is -1.22. The number of amides is 1. The highest BCUT2D eigenvalue weighted by molar-refractivity contribution is 6.77. The highest BCUT2D eigenvalue weighted by Crippen LogP contribution is 2.42. The molecule has 0 spiro atoms. The molecule has 7 heteroatoms. The number of nitrogens with zero attached hydrogens (tertiary/aromatic N) is 1. The summed E-state index contributed by atoms with van der Waals surface area (Å²) in [7, 11) is -2.00. The molecule has 0 aromatic heterocycles. The second-order valence-corrected chi connectivity index (χ2v) is 16.6. The Balaban J connectivity index is 1.62. The molecule has 1 aliphatic heterocycles. The van der Waals surface area contributed by atoms with Gasteiger partial charge in [0.1, 0.15) is 11.6 Å². The van der Waals surface area contributed by atoms with Crippen LogP contribution in [0.25, 0.3) is 11.1 Å². The predicted molar refractivity (Wildman–Crippen MR) is 147 cm³/mol. The Morgan fingerprint density at radius 2 is 1.70 bits per heavy atom. The van der Waals surface area contributed by atoms with E-state index in [9.17, 15) is 18.4 Å². The summed E-state index contributed by atoms with van der Waals surface area (Å²) < 4.78 is 34.2. The van der Waals surface area contributed by atoms with Gasteiger partial charge in [-0.25, -0.2) is 8.78 Å². The minimum absolute atomic E-state index is 0.0194. The van der Waals surface area contributed by atoms with Gasteiger partial charge in [-0.3, -0.25) is 9.59 Å². The number of benzene rings is 2. The Kier molecular flexibility index (Phi) is 9.81. The summed E-state index contributed by atoms with van der Waals surface area (Å²) in [5.41, 5.74) is 2.72. The first-order chi connectivity index (χ1) is 17.5. The average Bonchev–Trinajstić information content (AvgIpc) is 3.18. The van der Waals surface area contributed by atoms with Crippen LogP contribution in [0.1, 0.15) is 77.6 Å². The minimum Gasteiger partial charge on any atom is -0.414 e. The smallest absolute Gasteiger partial charge is 0.222 e. The van der Waals surface area contributed by atoms with Crippen molar-refractivity contribution in [2.24, 2.45) is 0 Å². The second-order valence-electron chi connectivity index (χ2n) is 11.1. The molecule has 0 unspecified atom stereocenters. The van der Waals surface area contributed by atoms with E-state index in [1.165, 1.54) is 12.1 Å². The molecule has 3 rings (SSSR count). The van der Waals surface area contributed by atoms with Crippen molar-refractivity contribution in [3.8, 4) is 11.1 Å². The van der Waals surface area contributed by atoms with Gasteiger partial charge in [0.15, 0.2) is 14.1 Å². The highest BCUT2D eigenvalue weighted by atomic mass is 28.4. The molecule has 0 bridgehead atoms. The van der Waals surface area contributed by atoms with Crippen molar-refractivity contribution in [2.75, 3.05) is 13.2 Å². The van der Waals surface area contributed by atoms with Crippen molar-refractivity contribution in [3.63, 3.8) is 0 Å². The first kappa shape index (κ1) is 29.2. The topological polar surface area (TPSA) is 46.6 Å². The quantitative estimate of drug-likeness (QED) is 0.208. The van der Waals surface area contributed by atoms with Crippen molar-refractivity contribution in [1.82, 2.24) is 4.90 Å². The van der Waals surface area contributed by atoms with E-state index < -0.39 is 20.0 Å². The normalized spacial score (nSPS) is 16.5. The van der Waals surface area contributed by atoms with Crippen molar-refractivity contribution in [2.45, 2.75) is 89.9 Å². The van der Waals surface area contributed by atoms with Crippen LogP contribution in [-0.2, 0) is 9.22 Å². The summed E-state index contributed by atoms with van der Waals surface area (Å²) >= 11 is 0. The van der Waals surface area contributed by atoms with Crippen LogP contribution in [-0.4, -0.2) is 44.1 Å². The lowest BCUT2D eigenvalue weighted by Crippen LogP contribution is -2.49. The van der Waals surface area contributed by atoms with E-state index in [-0.39, 0.29) is 23.3 Å². The second kappa shape index (κ2) is 12.4. The minimum atomic E-state index is -2.00. The van der Waals surface area contributed by atoms with Crippen LogP contribution >= 0.6 is 0 Å². The number of halogens is 2. The maximum Gasteiger partial charge on any atom is 0.222 e. The molecule has 1 saturated heterocycles. The molecule has 202 valence electrons. The molecule has 1 atom stereocenters. The fourth-order valence-corrected chi connectivity index (χ4v) is 11.7. The van der Waals surface area contributed by atoms with Crippen LogP contribution in [0.3, 0.4) is 0 Å². The lowest BCUT2D eigenvalue weighted by molar-refractivity contribution is -0.129. The van der Waals surface area contributed by atoms with Gasteiger partial charge < -0.3 is 9.33 Å². The van der Waals surface area contributed by atoms with Gasteiger partial charge in [0.2, 0.25) is 5.91 Å². The lowest BCUT2D eigenvalue weighted by atomic mass is 9.97. The summed E-state index contributed by atoms with van der Waals surface area (Å²) in [6.07, 6.45) is 2.13. The molecule has 1 aliphatic rings. The number of rotatable bonds is 12. The molecule has 0 aliphatic carbocycles. The van der Waals surface area contributed by atoms with Crippen LogP contribution in [0.5, 0.6) is 0 Å². The van der Waals surface area contributed by atoms with Gasteiger partial charge in [-0.1, -0.05) is 59.7 Å². The number of Topliss-reactive ketones (excluding diaryl/α,β-unsaturated/α-hetero) is 1. The molecular formula is C30H41F2NO3Si. The van der Waals surface area contributed by atoms with Gasteiger partial charge in [-0.15, -0.1) is 0 Å². The maximum atomic E-state index is 14.2. The van der Waals surface area contributed by atoms with Gasteiger partial charge in [-0.05, 0) is 53.2 Å². The molecule has 0 saturated carbocycles. The molecule has 2 aromatic rings. The monoisotopic (exact) mass is 529 g/mol. The molecular weight excluding hydrogens is 488 g/mol. The summed E-state index contributed by atoms with van der Waals surface area (Å²) in [6.45, 7) is 14.6. The third kappa shape index (κ3) is 6.55. The van der Waals surface area contributed by atoms with Crippen LogP contribution < -0.4 is 0 Å². The summed E-state index contributed by atoms with van der Waals surface area (Å²) in [6, 6.07) is 10.2. The van der Waals surface area contributed by atoms with Gasteiger partial charge in [0.25, 0.3) is 0 Å². The number of hydrogen-bond acceptors (Lipinski definition) is 3. The van der Waals surface area contributed by atoms with Gasteiger partial charge in [0.05, 0.1) is 6.61 Å². The highest BCUT2D eigenvalue weighted by Gasteiger charge is 2.45. The summed E-state index contributed by atoms with van der Waals surface area (Å²) in [4.78, 5) is 27.6. The van der Waals surface area contributed by atoms with Crippen molar-refractivity contribution < 1.29 is 22.8 Å². The van der Waals surface area contributed by atoms with E-state index in [1.807, 2.05) is 4.90 Å². The number of hydrogen-bond donors (Lipinski definition) is 0. The lowest BCUT2D eigenvalue weighted by Gasteiger charge is -2.42. The molecule has 37 heavy (non-hydrogen) atoms. The van der Waals surface area contributed by atoms with Crippen molar-refractivity contribution >= 4 is 20.0 Å². The fraction of sp³-hybridized carbons (Fsp3) is 0.533. The molecule has 1 amide bonds. The zero-order valence-electron chi connectivity index (χ0n) is 23.0. The molecule has 0 radical (unpaired) electrons. The number of ketones is 1. The zero-order chi connectivity index (χ0) is 27.3. The predicted octanol–water partition coefficient (Wildman–Crippen LogP) is 7.78. The standard InChI is InChI=1S/C30H41F2NO3Si/c1-20(2)37(21(3)4,22(5)6)36-17-16-33-26(12-15-30(33)35)11-14-29(34)24-9-7-8-23(18-24)27-13-10-25(31)19-28(27)32/h7-10,13,18-22,26H,11-12,14-17H2,1-6H3/t26-/m1/s1. The Labute approximate surface area is 221 Å². The maximum absolute atomic E-state index is 14.2. The van der Waals surface area contributed by atoms with Crippen molar-refractivity contribution in [1.29, 1.82) is 0 Å². The molecule has 1 fully saturated rings. The largest absolute Gasteiger partial charge is 0.414 e.